The number of hydrogen-bond donors (Lipinski definition) is 1. The quantitative estimate of drug-likeness (QED) is 0.724. The van der Waals surface area contributed by atoms with E-state index in [1.165, 1.54) is 6.07 Å². The largest absolute Gasteiger partial charge is 0.376 e. The number of nitrogens with zero attached hydrogens (tertiary/aromatic N) is 2. The highest BCUT2D eigenvalue weighted by atomic mass is 79.9. The van der Waals surface area contributed by atoms with Crippen LogP contribution in [0.25, 0.3) is 4.96 Å². The molecule has 2 aromatic heterocycles. The van der Waals surface area contributed by atoms with E-state index in [4.69, 9.17) is 0 Å². The number of aromatic nitrogens is 2. The highest BCUT2D eigenvalue weighted by Gasteiger charge is 2.13. The van der Waals surface area contributed by atoms with E-state index in [9.17, 15) is 8.78 Å². The molecule has 0 spiro atoms. The number of anilines is 1. The van der Waals surface area contributed by atoms with E-state index in [1.54, 1.807) is 11.3 Å². The fourth-order valence-electron chi connectivity index (χ4n) is 2.21. The first-order valence-corrected chi connectivity index (χ1v) is 7.89. The number of fused-ring (bicyclic) bond motifs is 1. The lowest BCUT2D eigenvalue weighted by Gasteiger charge is -2.10. The summed E-state index contributed by atoms with van der Waals surface area (Å²) in [5, 5.41) is 3.01. The first-order valence-electron chi connectivity index (χ1n) is 6.28. The van der Waals surface area contributed by atoms with Crippen LogP contribution < -0.4 is 5.32 Å². The van der Waals surface area contributed by atoms with Crippen molar-refractivity contribution in [2.24, 2.45) is 0 Å². The molecule has 0 aliphatic carbocycles. The maximum atomic E-state index is 13.8. The van der Waals surface area contributed by atoms with Crippen LogP contribution in [0.2, 0.25) is 0 Å². The summed E-state index contributed by atoms with van der Waals surface area (Å²) in [7, 11) is 0. The average Bonchev–Trinajstić information content (AvgIpc) is 2.84. The Morgan fingerprint density at radius 3 is 2.81 bits per heavy atom. The minimum absolute atomic E-state index is 0.248. The third kappa shape index (κ3) is 2.67. The molecule has 1 N–H and O–H groups in total. The van der Waals surface area contributed by atoms with Gasteiger partial charge in [0.15, 0.2) is 4.96 Å². The second-order valence-corrected chi connectivity index (χ2v) is 6.80. The van der Waals surface area contributed by atoms with E-state index >= 15 is 0 Å². The van der Waals surface area contributed by atoms with E-state index < -0.39 is 11.6 Å². The van der Waals surface area contributed by atoms with Crippen LogP contribution in [0, 0.1) is 25.5 Å². The van der Waals surface area contributed by atoms with Gasteiger partial charge in [0, 0.05) is 21.6 Å². The van der Waals surface area contributed by atoms with Gasteiger partial charge < -0.3 is 5.32 Å². The van der Waals surface area contributed by atoms with Gasteiger partial charge in [-0.3, -0.25) is 4.40 Å². The summed E-state index contributed by atoms with van der Waals surface area (Å²) in [6.45, 7) is 4.34. The van der Waals surface area contributed by atoms with Crippen LogP contribution in [0.3, 0.4) is 0 Å². The van der Waals surface area contributed by atoms with Gasteiger partial charge >= 0.3 is 0 Å². The van der Waals surface area contributed by atoms with E-state index in [2.05, 4.69) is 26.2 Å². The zero-order chi connectivity index (χ0) is 15.1. The molecule has 3 nitrogen and oxygen atoms in total. The summed E-state index contributed by atoms with van der Waals surface area (Å²) in [5.74, 6) is -1.23. The molecule has 3 aromatic rings. The molecule has 21 heavy (non-hydrogen) atoms. The van der Waals surface area contributed by atoms with Gasteiger partial charge in [-0.1, -0.05) is 0 Å². The molecule has 7 heteroatoms. The molecule has 0 atom stereocenters. The Bertz CT molecular complexity index is 802. The second-order valence-electron chi connectivity index (χ2n) is 4.74. The van der Waals surface area contributed by atoms with Crippen molar-refractivity contribution in [1.29, 1.82) is 0 Å². The maximum absolute atomic E-state index is 13.8. The zero-order valence-corrected chi connectivity index (χ0v) is 13.8. The van der Waals surface area contributed by atoms with E-state index in [0.29, 0.717) is 11.0 Å². The smallest absolute Gasteiger partial charge is 0.194 e. The van der Waals surface area contributed by atoms with Crippen molar-refractivity contribution in [2.75, 3.05) is 5.32 Å². The standard InChI is InChI=1S/C14H12BrF2N3S/c1-7-6-20-12(8(2)19-14(20)21-7)5-18-13-10(15)3-9(16)4-11(13)17/h3-4,6,18H,5H2,1-2H3. The van der Waals surface area contributed by atoms with Gasteiger partial charge in [-0.05, 0) is 35.8 Å². The van der Waals surface area contributed by atoms with Crippen LogP contribution in [0.15, 0.2) is 22.8 Å². The molecular weight excluding hydrogens is 360 g/mol. The monoisotopic (exact) mass is 371 g/mol. The topological polar surface area (TPSA) is 29.3 Å². The molecule has 1 aromatic carbocycles. The van der Waals surface area contributed by atoms with Crippen LogP contribution in [-0.2, 0) is 6.54 Å². The number of nitrogens with one attached hydrogen (secondary N) is 1. The molecule has 0 saturated heterocycles. The highest BCUT2D eigenvalue weighted by Crippen LogP contribution is 2.28. The van der Waals surface area contributed by atoms with Crippen molar-refractivity contribution in [3.05, 3.63) is 50.7 Å². The van der Waals surface area contributed by atoms with Gasteiger partial charge in [0.25, 0.3) is 0 Å². The number of rotatable bonds is 3. The van der Waals surface area contributed by atoms with Crippen LogP contribution in [-0.4, -0.2) is 9.38 Å². The molecule has 110 valence electrons. The maximum Gasteiger partial charge on any atom is 0.194 e. The fourth-order valence-corrected chi connectivity index (χ4v) is 3.64. The Hall–Kier alpha value is -1.47. The summed E-state index contributed by atoms with van der Waals surface area (Å²) in [6.07, 6.45) is 2.01. The van der Waals surface area contributed by atoms with Gasteiger partial charge in [-0.2, -0.15) is 0 Å². The summed E-state index contributed by atoms with van der Waals surface area (Å²) < 4.78 is 29.3. The molecule has 0 aliphatic rings. The summed E-state index contributed by atoms with van der Waals surface area (Å²) in [6, 6.07) is 2.10. The van der Waals surface area contributed by atoms with E-state index in [1.807, 2.05) is 24.4 Å². The number of hydrogen-bond acceptors (Lipinski definition) is 3. The van der Waals surface area contributed by atoms with Gasteiger partial charge in [0.1, 0.15) is 11.6 Å². The summed E-state index contributed by atoms with van der Waals surface area (Å²) in [4.78, 5) is 6.56. The molecule has 0 unspecified atom stereocenters. The number of thiazole rings is 1. The second kappa shape index (κ2) is 5.38. The van der Waals surface area contributed by atoms with Crippen molar-refractivity contribution < 1.29 is 8.78 Å². The molecule has 0 fully saturated rings. The fraction of sp³-hybridized carbons (Fsp3) is 0.214. The molecule has 0 bridgehead atoms. The van der Waals surface area contributed by atoms with Crippen molar-refractivity contribution >= 4 is 37.9 Å². The molecule has 0 radical (unpaired) electrons. The summed E-state index contributed by atoms with van der Waals surface area (Å²) in [5.41, 5.74) is 2.11. The van der Waals surface area contributed by atoms with Crippen molar-refractivity contribution in [2.45, 2.75) is 20.4 Å². The predicted molar refractivity (Wildman–Crippen MR) is 83.9 cm³/mol. The van der Waals surface area contributed by atoms with Crippen molar-refractivity contribution in [3.63, 3.8) is 0 Å². The molecule has 0 aliphatic heterocycles. The minimum atomic E-state index is -0.623. The minimum Gasteiger partial charge on any atom is -0.376 e. The molecular formula is C14H12BrF2N3S. The lowest BCUT2D eigenvalue weighted by atomic mass is 10.2. The molecule has 0 amide bonds. The SMILES string of the molecule is Cc1cn2c(CNc3c(F)cc(F)cc3Br)c(C)nc2s1. The lowest BCUT2D eigenvalue weighted by Crippen LogP contribution is -2.06. The van der Waals surface area contributed by atoms with Gasteiger partial charge in [-0.15, -0.1) is 11.3 Å². The Labute approximate surface area is 132 Å². The molecule has 3 rings (SSSR count). The summed E-state index contributed by atoms with van der Waals surface area (Å²) >= 11 is 4.78. The van der Waals surface area contributed by atoms with Gasteiger partial charge in [0.05, 0.1) is 23.6 Å². The Morgan fingerprint density at radius 2 is 2.10 bits per heavy atom. The number of benzene rings is 1. The number of aryl methyl sites for hydroxylation is 2. The van der Waals surface area contributed by atoms with Gasteiger partial charge in [-0.25, -0.2) is 13.8 Å². The first-order chi connectivity index (χ1) is 9.95. The normalized spacial score (nSPS) is 11.3. The first kappa shape index (κ1) is 14.5. The zero-order valence-electron chi connectivity index (χ0n) is 11.4. The van der Waals surface area contributed by atoms with Gasteiger partial charge in [0.2, 0.25) is 0 Å². The van der Waals surface area contributed by atoms with Crippen LogP contribution in [0.5, 0.6) is 0 Å². The van der Waals surface area contributed by atoms with E-state index in [-0.39, 0.29) is 5.69 Å². The number of imidazole rings is 1. The molecule has 2 heterocycles. The highest BCUT2D eigenvalue weighted by molar-refractivity contribution is 9.10. The van der Waals surface area contributed by atoms with E-state index in [0.717, 1.165) is 27.3 Å². The predicted octanol–water partition coefficient (Wildman–Crippen LogP) is 4.67. The third-order valence-electron chi connectivity index (χ3n) is 3.18. The number of halogens is 3. The van der Waals surface area contributed by atoms with Crippen molar-refractivity contribution in [1.82, 2.24) is 9.38 Å². The van der Waals surface area contributed by atoms with Crippen LogP contribution in [0.1, 0.15) is 16.3 Å². The Balaban J connectivity index is 1.92. The lowest BCUT2D eigenvalue weighted by molar-refractivity contribution is 0.583. The molecule has 0 saturated carbocycles. The van der Waals surface area contributed by atoms with Crippen molar-refractivity contribution in [3.8, 4) is 0 Å². The Morgan fingerprint density at radius 1 is 1.33 bits per heavy atom. The van der Waals surface area contributed by atoms with Crippen LogP contribution >= 0.6 is 27.3 Å². The van der Waals surface area contributed by atoms with Crippen LogP contribution in [0.4, 0.5) is 14.5 Å². The average molecular weight is 372 g/mol. The third-order valence-corrected chi connectivity index (χ3v) is 4.70. The Kier molecular flexibility index (Phi) is 3.71.